The second-order valence-corrected chi connectivity index (χ2v) is 3.82. The van der Waals surface area contributed by atoms with Crippen molar-refractivity contribution in [2.24, 2.45) is 5.92 Å². The zero-order valence-electron chi connectivity index (χ0n) is 10.1. The first-order chi connectivity index (χ1) is 8.56. The smallest absolute Gasteiger partial charge is 0.308 e. The van der Waals surface area contributed by atoms with Crippen molar-refractivity contribution in [1.82, 2.24) is 15.3 Å². The number of nitrogen functional groups attached to an aromatic ring is 1. The van der Waals surface area contributed by atoms with E-state index in [9.17, 15) is 9.59 Å². The van der Waals surface area contributed by atoms with Crippen LogP contribution in [0, 0.1) is 5.92 Å². The number of amides is 1. The van der Waals surface area contributed by atoms with Crippen LogP contribution in [0.3, 0.4) is 0 Å². The van der Waals surface area contributed by atoms with Crippen molar-refractivity contribution < 1.29 is 14.7 Å². The molecule has 0 bridgehead atoms. The molecule has 1 rings (SSSR count). The lowest BCUT2D eigenvalue weighted by atomic mass is 10.0. The number of rotatable bonds is 6. The van der Waals surface area contributed by atoms with Crippen LogP contribution in [0.25, 0.3) is 0 Å². The van der Waals surface area contributed by atoms with Gasteiger partial charge < -0.3 is 16.2 Å². The normalized spacial score (nSPS) is 11.8. The standard InChI is InChI=1S/C11H16N4O3/c1-2-3-7(11(17)18)6-15-10(16)8-9(12)14-5-4-13-8/h4-5,7H,2-3,6H2,1H3,(H2,12,14)(H,15,16)(H,17,18). The van der Waals surface area contributed by atoms with Crippen molar-refractivity contribution in [1.29, 1.82) is 0 Å². The second kappa shape index (κ2) is 6.53. The molecule has 4 N–H and O–H groups in total. The summed E-state index contributed by atoms with van der Waals surface area (Å²) in [5.41, 5.74) is 5.51. The van der Waals surface area contributed by atoms with Gasteiger partial charge in [-0.05, 0) is 6.42 Å². The summed E-state index contributed by atoms with van der Waals surface area (Å²) < 4.78 is 0. The number of carboxylic acids is 1. The Morgan fingerprint density at radius 1 is 1.44 bits per heavy atom. The van der Waals surface area contributed by atoms with Gasteiger partial charge in [-0.3, -0.25) is 9.59 Å². The minimum atomic E-state index is -0.927. The highest BCUT2D eigenvalue weighted by molar-refractivity contribution is 5.96. The SMILES string of the molecule is CCCC(CNC(=O)c1nccnc1N)C(=O)O. The molecule has 1 heterocycles. The minimum Gasteiger partial charge on any atom is -0.481 e. The Labute approximate surface area is 104 Å². The number of anilines is 1. The Balaban J connectivity index is 2.60. The van der Waals surface area contributed by atoms with E-state index < -0.39 is 17.8 Å². The predicted octanol–water partition coefficient (Wildman–Crippen LogP) is 0.289. The van der Waals surface area contributed by atoms with Gasteiger partial charge in [0.05, 0.1) is 5.92 Å². The molecule has 0 aliphatic carbocycles. The topological polar surface area (TPSA) is 118 Å². The summed E-state index contributed by atoms with van der Waals surface area (Å²) in [4.78, 5) is 30.1. The third kappa shape index (κ3) is 3.69. The quantitative estimate of drug-likeness (QED) is 0.669. The van der Waals surface area contributed by atoms with E-state index in [1.165, 1.54) is 12.4 Å². The van der Waals surface area contributed by atoms with Gasteiger partial charge in [0.15, 0.2) is 11.5 Å². The molecule has 0 fully saturated rings. The highest BCUT2D eigenvalue weighted by atomic mass is 16.4. The van der Waals surface area contributed by atoms with Crippen LogP contribution in [0.1, 0.15) is 30.3 Å². The summed E-state index contributed by atoms with van der Waals surface area (Å²) in [5, 5.41) is 11.4. The third-order valence-electron chi connectivity index (χ3n) is 2.44. The molecule has 98 valence electrons. The second-order valence-electron chi connectivity index (χ2n) is 3.82. The van der Waals surface area contributed by atoms with E-state index in [1.54, 1.807) is 0 Å². The summed E-state index contributed by atoms with van der Waals surface area (Å²) >= 11 is 0. The lowest BCUT2D eigenvalue weighted by Gasteiger charge is -2.12. The molecule has 1 unspecified atom stereocenters. The maximum absolute atomic E-state index is 11.7. The van der Waals surface area contributed by atoms with E-state index in [4.69, 9.17) is 10.8 Å². The summed E-state index contributed by atoms with van der Waals surface area (Å²) in [6.45, 7) is 1.94. The van der Waals surface area contributed by atoms with Crippen LogP contribution in [0.15, 0.2) is 12.4 Å². The van der Waals surface area contributed by atoms with Gasteiger partial charge in [0.1, 0.15) is 0 Å². The van der Waals surface area contributed by atoms with Crippen molar-refractivity contribution in [2.45, 2.75) is 19.8 Å². The molecule has 0 saturated carbocycles. The number of aliphatic carboxylic acids is 1. The number of nitrogens with one attached hydrogen (secondary N) is 1. The lowest BCUT2D eigenvalue weighted by molar-refractivity contribution is -0.141. The van der Waals surface area contributed by atoms with Crippen molar-refractivity contribution in [3.63, 3.8) is 0 Å². The monoisotopic (exact) mass is 252 g/mol. The Bertz CT molecular complexity index is 436. The highest BCUT2D eigenvalue weighted by Gasteiger charge is 2.19. The maximum Gasteiger partial charge on any atom is 0.308 e. The van der Waals surface area contributed by atoms with E-state index in [-0.39, 0.29) is 18.1 Å². The molecule has 18 heavy (non-hydrogen) atoms. The van der Waals surface area contributed by atoms with E-state index >= 15 is 0 Å². The van der Waals surface area contributed by atoms with Gasteiger partial charge >= 0.3 is 5.97 Å². The largest absolute Gasteiger partial charge is 0.481 e. The van der Waals surface area contributed by atoms with Gasteiger partial charge in [-0.2, -0.15) is 0 Å². The van der Waals surface area contributed by atoms with Crippen LogP contribution in [-0.4, -0.2) is 33.5 Å². The summed E-state index contributed by atoms with van der Waals surface area (Å²) in [5.74, 6) is -2.01. The Hall–Kier alpha value is -2.18. The fraction of sp³-hybridized carbons (Fsp3) is 0.455. The Morgan fingerprint density at radius 2 is 2.11 bits per heavy atom. The fourth-order valence-corrected chi connectivity index (χ4v) is 1.48. The van der Waals surface area contributed by atoms with Gasteiger partial charge in [0.2, 0.25) is 0 Å². The lowest BCUT2D eigenvalue weighted by Crippen LogP contribution is -2.33. The third-order valence-corrected chi connectivity index (χ3v) is 2.44. The zero-order chi connectivity index (χ0) is 13.5. The molecule has 1 amide bonds. The Morgan fingerprint density at radius 3 is 2.67 bits per heavy atom. The fourth-order valence-electron chi connectivity index (χ4n) is 1.48. The summed E-state index contributed by atoms with van der Waals surface area (Å²) in [6.07, 6.45) is 3.97. The summed E-state index contributed by atoms with van der Waals surface area (Å²) in [7, 11) is 0. The van der Waals surface area contributed by atoms with Gasteiger partial charge in [0.25, 0.3) is 5.91 Å². The molecule has 7 nitrogen and oxygen atoms in total. The average molecular weight is 252 g/mol. The molecule has 7 heteroatoms. The van der Waals surface area contributed by atoms with Crippen molar-refractivity contribution in [3.8, 4) is 0 Å². The van der Waals surface area contributed by atoms with Crippen LogP contribution in [0.4, 0.5) is 5.82 Å². The molecular formula is C11H16N4O3. The van der Waals surface area contributed by atoms with E-state index in [1.807, 2.05) is 6.92 Å². The molecule has 0 aromatic carbocycles. The number of carboxylic acid groups (broad SMARTS) is 1. The number of carbonyl (C=O) groups is 2. The maximum atomic E-state index is 11.7. The van der Waals surface area contributed by atoms with E-state index in [0.717, 1.165) is 6.42 Å². The van der Waals surface area contributed by atoms with E-state index in [0.29, 0.717) is 6.42 Å². The molecule has 0 aliphatic heterocycles. The van der Waals surface area contributed by atoms with Gasteiger partial charge in [-0.25, -0.2) is 9.97 Å². The first-order valence-corrected chi connectivity index (χ1v) is 5.63. The van der Waals surface area contributed by atoms with Crippen molar-refractivity contribution >= 4 is 17.7 Å². The number of hydrogen-bond acceptors (Lipinski definition) is 5. The van der Waals surface area contributed by atoms with Crippen LogP contribution in [-0.2, 0) is 4.79 Å². The summed E-state index contributed by atoms with van der Waals surface area (Å²) in [6, 6.07) is 0. The van der Waals surface area contributed by atoms with Crippen LogP contribution in [0.5, 0.6) is 0 Å². The van der Waals surface area contributed by atoms with E-state index in [2.05, 4.69) is 15.3 Å². The molecule has 1 atom stereocenters. The molecule has 0 radical (unpaired) electrons. The van der Waals surface area contributed by atoms with Crippen molar-refractivity contribution in [3.05, 3.63) is 18.1 Å². The number of nitrogens with zero attached hydrogens (tertiary/aromatic N) is 2. The first kappa shape index (κ1) is 13.9. The number of nitrogens with two attached hydrogens (primary N) is 1. The highest BCUT2D eigenvalue weighted by Crippen LogP contribution is 2.07. The van der Waals surface area contributed by atoms with Crippen LogP contribution >= 0.6 is 0 Å². The molecule has 0 saturated heterocycles. The van der Waals surface area contributed by atoms with Gasteiger partial charge in [-0.15, -0.1) is 0 Å². The molecule has 0 spiro atoms. The average Bonchev–Trinajstić information content (AvgIpc) is 2.34. The number of carbonyl (C=O) groups excluding carboxylic acids is 1. The minimum absolute atomic E-state index is 0.0122. The zero-order valence-corrected chi connectivity index (χ0v) is 10.1. The molecule has 0 aliphatic rings. The predicted molar refractivity (Wildman–Crippen MR) is 64.8 cm³/mol. The van der Waals surface area contributed by atoms with Crippen LogP contribution < -0.4 is 11.1 Å². The molecule has 1 aromatic rings. The van der Waals surface area contributed by atoms with Crippen molar-refractivity contribution in [2.75, 3.05) is 12.3 Å². The first-order valence-electron chi connectivity index (χ1n) is 5.63. The van der Waals surface area contributed by atoms with Gasteiger partial charge in [0, 0.05) is 18.9 Å². The Kier molecular flexibility index (Phi) is 5.04. The molecular weight excluding hydrogens is 236 g/mol. The molecule has 1 aromatic heterocycles. The number of aromatic nitrogens is 2. The van der Waals surface area contributed by atoms with Gasteiger partial charge in [-0.1, -0.05) is 13.3 Å². The number of hydrogen-bond donors (Lipinski definition) is 3. The van der Waals surface area contributed by atoms with Crippen LogP contribution in [0.2, 0.25) is 0 Å².